The van der Waals surface area contributed by atoms with Crippen LogP contribution in [0.4, 0.5) is 5.69 Å². The third kappa shape index (κ3) is 3.26. The van der Waals surface area contributed by atoms with Gasteiger partial charge in [0.15, 0.2) is 0 Å². The van der Waals surface area contributed by atoms with Crippen molar-refractivity contribution < 1.29 is 9.90 Å². The van der Waals surface area contributed by atoms with Crippen molar-refractivity contribution in [3.05, 3.63) is 29.3 Å². The van der Waals surface area contributed by atoms with E-state index in [0.717, 1.165) is 24.1 Å². The first-order chi connectivity index (χ1) is 7.54. The topological polar surface area (TPSA) is 49.3 Å². The van der Waals surface area contributed by atoms with Crippen LogP contribution in [0.15, 0.2) is 18.2 Å². The smallest absolute Gasteiger partial charge is 0.335 e. The zero-order chi connectivity index (χ0) is 12.1. The highest BCUT2D eigenvalue weighted by Gasteiger charge is 2.10. The van der Waals surface area contributed by atoms with Gasteiger partial charge in [0.05, 0.1) is 5.56 Å². The van der Waals surface area contributed by atoms with Crippen LogP contribution in [0.25, 0.3) is 0 Å². The second kappa shape index (κ2) is 5.54. The number of carboxylic acids is 1. The highest BCUT2D eigenvalue weighted by molar-refractivity contribution is 5.90. The summed E-state index contributed by atoms with van der Waals surface area (Å²) in [5, 5.41) is 12.1. The summed E-state index contributed by atoms with van der Waals surface area (Å²) < 4.78 is 0. The SMILES string of the molecule is CNc1ccc(C(=O)O)c(CCC(C)C)c1. The molecule has 0 aliphatic heterocycles. The number of aromatic carboxylic acids is 1. The predicted molar refractivity (Wildman–Crippen MR) is 66.1 cm³/mol. The number of anilines is 1. The fourth-order valence-electron chi connectivity index (χ4n) is 1.61. The number of benzene rings is 1. The van der Waals surface area contributed by atoms with Crippen molar-refractivity contribution in [2.75, 3.05) is 12.4 Å². The standard InChI is InChI=1S/C13H19NO2/c1-9(2)4-5-10-8-11(14-3)6-7-12(10)13(15)16/h6-9,14H,4-5H2,1-3H3,(H,15,16). The molecular weight excluding hydrogens is 202 g/mol. The number of rotatable bonds is 5. The molecule has 88 valence electrons. The lowest BCUT2D eigenvalue weighted by Crippen LogP contribution is -2.05. The number of nitrogens with one attached hydrogen (secondary N) is 1. The summed E-state index contributed by atoms with van der Waals surface area (Å²) in [4.78, 5) is 11.0. The van der Waals surface area contributed by atoms with Gasteiger partial charge < -0.3 is 10.4 Å². The summed E-state index contributed by atoms with van der Waals surface area (Å²) in [6.07, 6.45) is 1.82. The zero-order valence-corrected chi connectivity index (χ0v) is 10.1. The summed E-state index contributed by atoms with van der Waals surface area (Å²) in [6, 6.07) is 5.39. The minimum absolute atomic E-state index is 0.416. The van der Waals surface area contributed by atoms with Crippen LogP contribution in [-0.4, -0.2) is 18.1 Å². The fourth-order valence-corrected chi connectivity index (χ4v) is 1.61. The Morgan fingerprint density at radius 1 is 1.44 bits per heavy atom. The van der Waals surface area contributed by atoms with E-state index in [-0.39, 0.29) is 0 Å². The lowest BCUT2D eigenvalue weighted by molar-refractivity contribution is 0.0695. The Labute approximate surface area is 96.5 Å². The molecule has 0 saturated heterocycles. The van der Waals surface area contributed by atoms with Gasteiger partial charge in [-0.2, -0.15) is 0 Å². The molecule has 0 heterocycles. The molecule has 0 fully saturated rings. The molecule has 0 amide bonds. The van der Waals surface area contributed by atoms with E-state index in [1.54, 1.807) is 12.1 Å². The minimum atomic E-state index is -0.846. The average molecular weight is 221 g/mol. The first-order valence-electron chi connectivity index (χ1n) is 5.58. The van der Waals surface area contributed by atoms with E-state index >= 15 is 0 Å². The van der Waals surface area contributed by atoms with Gasteiger partial charge in [-0.3, -0.25) is 0 Å². The first-order valence-corrected chi connectivity index (χ1v) is 5.58. The van der Waals surface area contributed by atoms with E-state index in [0.29, 0.717) is 11.5 Å². The van der Waals surface area contributed by atoms with Crippen molar-refractivity contribution in [1.82, 2.24) is 0 Å². The van der Waals surface area contributed by atoms with Gasteiger partial charge in [-0.25, -0.2) is 4.79 Å². The second-order valence-corrected chi connectivity index (χ2v) is 4.36. The summed E-state index contributed by atoms with van der Waals surface area (Å²) in [5.74, 6) is -0.263. The summed E-state index contributed by atoms with van der Waals surface area (Å²) in [7, 11) is 1.84. The fraction of sp³-hybridized carbons (Fsp3) is 0.462. The van der Waals surface area contributed by atoms with Gasteiger partial charge >= 0.3 is 5.97 Å². The Balaban J connectivity index is 2.96. The Bertz CT molecular complexity index is 372. The number of hydrogen-bond acceptors (Lipinski definition) is 2. The summed E-state index contributed by atoms with van der Waals surface area (Å²) in [5.41, 5.74) is 2.29. The molecule has 0 radical (unpaired) electrons. The summed E-state index contributed by atoms with van der Waals surface area (Å²) in [6.45, 7) is 4.28. The minimum Gasteiger partial charge on any atom is -0.478 e. The molecule has 1 rings (SSSR count). The molecule has 0 aromatic heterocycles. The molecular formula is C13H19NO2. The van der Waals surface area contributed by atoms with Crippen LogP contribution < -0.4 is 5.32 Å². The second-order valence-electron chi connectivity index (χ2n) is 4.36. The third-order valence-electron chi connectivity index (χ3n) is 2.62. The van der Waals surface area contributed by atoms with Crippen LogP contribution in [-0.2, 0) is 6.42 Å². The van der Waals surface area contributed by atoms with Crippen molar-refractivity contribution in [1.29, 1.82) is 0 Å². The lowest BCUT2D eigenvalue weighted by Gasteiger charge is -2.10. The molecule has 2 N–H and O–H groups in total. The Kier molecular flexibility index (Phi) is 4.35. The maximum absolute atomic E-state index is 11.0. The highest BCUT2D eigenvalue weighted by atomic mass is 16.4. The van der Waals surface area contributed by atoms with Crippen LogP contribution in [0.3, 0.4) is 0 Å². The maximum Gasteiger partial charge on any atom is 0.335 e. The molecule has 0 aliphatic rings. The summed E-state index contributed by atoms with van der Waals surface area (Å²) >= 11 is 0. The maximum atomic E-state index is 11.0. The van der Waals surface area contributed by atoms with Crippen molar-refractivity contribution >= 4 is 11.7 Å². The van der Waals surface area contributed by atoms with E-state index < -0.39 is 5.97 Å². The first kappa shape index (κ1) is 12.6. The molecule has 0 spiro atoms. The van der Waals surface area contributed by atoms with Gasteiger partial charge in [0.25, 0.3) is 0 Å². The normalized spacial score (nSPS) is 10.5. The largest absolute Gasteiger partial charge is 0.478 e. The third-order valence-corrected chi connectivity index (χ3v) is 2.62. The van der Waals surface area contributed by atoms with Crippen molar-refractivity contribution in [3.8, 4) is 0 Å². The molecule has 0 aliphatic carbocycles. The molecule has 0 bridgehead atoms. The van der Waals surface area contributed by atoms with Crippen molar-refractivity contribution in [2.24, 2.45) is 5.92 Å². The van der Waals surface area contributed by atoms with Crippen LogP contribution in [0.1, 0.15) is 36.2 Å². The molecule has 1 aromatic rings. The molecule has 3 heteroatoms. The molecule has 1 aromatic carbocycles. The van der Waals surface area contributed by atoms with Crippen LogP contribution in [0.2, 0.25) is 0 Å². The Hall–Kier alpha value is -1.51. The number of hydrogen-bond donors (Lipinski definition) is 2. The van der Waals surface area contributed by atoms with Gasteiger partial charge in [-0.1, -0.05) is 13.8 Å². The molecule has 0 saturated carbocycles. The molecule has 0 unspecified atom stereocenters. The predicted octanol–water partition coefficient (Wildman–Crippen LogP) is 3.02. The van der Waals surface area contributed by atoms with E-state index in [9.17, 15) is 4.79 Å². The molecule has 3 nitrogen and oxygen atoms in total. The number of carbonyl (C=O) groups is 1. The zero-order valence-electron chi connectivity index (χ0n) is 10.1. The van der Waals surface area contributed by atoms with Gasteiger partial charge in [-0.15, -0.1) is 0 Å². The molecule has 16 heavy (non-hydrogen) atoms. The van der Waals surface area contributed by atoms with E-state index in [1.165, 1.54) is 0 Å². The van der Waals surface area contributed by atoms with Gasteiger partial charge in [0.2, 0.25) is 0 Å². The van der Waals surface area contributed by atoms with E-state index in [2.05, 4.69) is 19.2 Å². The van der Waals surface area contributed by atoms with E-state index in [4.69, 9.17) is 5.11 Å². The van der Waals surface area contributed by atoms with Crippen molar-refractivity contribution in [3.63, 3.8) is 0 Å². The van der Waals surface area contributed by atoms with Crippen LogP contribution in [0.5, 0.6) is 0 Å². The van der Waals surface area contributed by atoms with E-state index in [1.807, 2.05) is 13.1 Å². The van der Waals surface area contributed by atoms with Crippen LogP contribution >= 0.6 is 0 Å². The van der Waals surface area contributed by atoms with Crippen LogP contribution in [0, 0.1) is 5.92 Å². The lowest BCUT2D eigenvalue weighted by atomic mass is 9.98. The van der Waals surface area contributed by atoms with Gasteiger partial charge in [0.1, 0.15) is 0 Å². The highest BCUT2D eigenvalue weighted by Crippen LogP contribution is 2.19. The average Bonchev–Trinajstić information content (AvgIpc) is 2.25. The van der Waals surface area contributed by atoms with Crippen molar-refractivity contribution in [2.45, 2.75) is 26.7 Å². The molecule has 0 atom stereocenters. The number of carboxylic acid groups (broad SMARTS) is 1. The Morgan fingerprint density at radius 2 is 2.12 bits per heavy atom. The van der Waals surface area contributed by atoms with Gasteiger partial charge in [0, 0.05) is 12.7 Å². The van der Waals surface area contributed by atoms with Gasteiger partial charge in [-0.05, 0) is 42.5 Å². The number of aryl methyl sites for hydroxylation is 1. The monoisotopic (exact) mass is 221 g/mol. The Morgan fingerprint density at radius 3 is 2.62 bits per heavy atom. The quantitative estimate of drug-likeness (QED) is 0.803.